The van der Waals surface area contributed by atoms with Gasteiger partial charge < -0.3 is 24.6 Å². The van der Waals surface area contributed by atoms with Crippen molar-refractivity contribution in [2.75, 3.05) is 13.2 Å². The number of ether oxygens (including phenoxy) is 3. The van der Waals surface area contributed by atoms with Crippen molar-refractivity contribution in [1.29, 1.82) is 0 Å². The van der Waals surface area contributed by atoms with Crippen molar-refractivity contribution in [2.24, 2.45) is 10.2 Å². The Balaban J connectivity index is 1.15. The van der Waals surface area contributed by atoms with Gasteiger partial charge in [0.25, 0.3) is 0 Å². The van der Waals surface area contributed by atoms with Crippen LogP contribution < -0.4 is 19.5 Å². The van der Waals surface area contributed by atoms with Gasteiger partial charge in [-0.1, -0.05) is 42.1 Å². The van der Waals surface area contributed by atoms with Crippen molar-refractivity contribution in [3.8, 4) is 17.2 Å². The third kappa shape index (κ3) is 8.39. The molecule has 1 unspecified atom stereocenters. The molecule has 2 N–H and O–H groups in total. The van der Waals surface area contributed by atoms with Crippen LogP contribution in [0.25, 0.3) is 0 Å². The fraction of sp³-hybridized carbons (Fsp3) is 0.185. The van der Waals surface area contributed by atoms with Crippen LogP contribution in [-0.2, 0) is 16.2 Å². The minimum absolute atomic E-state index is 0.262. The number of benzene rings is 3. The number of carbonyl (C=O) groups is 2. The van der Waals surface area contributed by atoms with E-state index in [-0.39, 0.29) is 17.5 Å². The summed E-state index contributed by atoms with van der Waals surface area (Å²) in [5.74, 6) is 0.778. The Labute approximate surface area is 218 Å². The van der Waals surface area contributed by atoms with Crippen LogP contribution in [0.2, 0.25) is 0 Å². The lowest BCUT2D eigenvalue weighted by atomic mass is 10.2. The average molecular weight is 520 g/mol. The van der Waals surface area contributed by atoms with Crippen LogP contribution in [0.15, 0.2) is 89.1 Å². The predicted molar refractivity (Wildman–Crippen MR) is 141 cm³/mol. The summed E-state index contributed by atoms with van der Waals surface area (Å²) in [6, 6.07) is 24.7. The SMILES string of the molecule is O=C(O)CC1SC(=NN=Cc2ccc(OCCOc3ccc(OCc4ccccc4)cc3)cc2)NC1=O. The third-order valence-electron chi connectivity index (χ3n) is 5.06. The van der Waals surface area contributed by atoms with Gasteiger partial charge in [0.15, 0.2) is 5.17 Å². The Morgan fingerprint density at radius 1 is 0.892 bits per heavy atom. The summed E-state index contributed by atoms with van der Waals surface area (Å²) in [4.78, 5) is 22.5. The number of carbonyl (C=O) groups excluding carboxylic acids is 1. The Bertz CT molecular complexity index is 1250. The molecule has 0 aliphatic carbocycles. The van der Waals surface area contributed by atoms with Gasteiger partial charge in [0, 0.05) is 0 Å². The molecule has 1 fully saturated rings. The van der Waals surface area contributed by atoms with E-state index in [0.29, 0.717) is 25.6 Å². The number of amides is 1. The van der Waals surface area contributed by atoms with Crippen molar-refractivity contribution >= 4 is 35.0 Å². The molecular weight excluding hydrogens is 494 g/mol. The van der Waals surface area contributed by atoms with Crippen molar-refractivity contribution in [3.63, 3.8) is 0 Å². The first-order chi connectivity index (χ1) is 18.0. The first-order valence-electron chi connectivity index (χ1n) is 11.5. The second-order valence-electron chi connectivity index (χ2n) is 7.85. The second-order valence-corrected chi connectivity index (χ2v) is 9.05. The summed E-state index contributed by atoms with van der Waals surface area (Å²) in [5, 5.41) is 18.8. The van der Waals surface area contributed by atoms with Crippen molar-refractivity contribution in [1.82, 2.24) is 5.32 Å². The summed E-state index contributed by atoms with van der Waals surface area (Å²) in [6.07, 6.45) is 1.27. The highest BCUT2D eigenvalue weighted by Crippen LogP contribution is 2.22. The molecule has 3 aromatic rings. The van der Waals surface area contributed by atoms with Crippen molar-refractivity contribution in [3.05, 3.63) is 90.0 Å². The van der Waals surface area contributed by atoms with Gasteiger partial charge in [-0.25, -0.2) is 0 Å². The number of nitrogens with one attached hydrogen (secondary N) is 1. The van der Waals surface area contributed by atoms with Crippen LogP contribution in [0.1, 0.15) is 17.5 Å². The number of amidine groups is 1. The van der Waals surface area contributed by atoms with E-state index in [1.807, 2.05) is 78.9 Å². The van der Waals surface area contributed by atoms with Gasteiger partial charge in [-0.05, 0) is 59.7 Å². The molecule has 190 valence electrons. The molecule has 0 spiro atoms. The second kappa shape index (κ2) is 13.1. The molecule has 0 saturated carbocycles. The molecule has 37 heavy (non-hydrogen) atoms. The average Bonchev–Trinajstić information content (AvgIpc) is 3.25. The Morgan fingerprint density at radius 3 is 2.11 bits per heavy atom. The highest BCUT2D eigenvalue weighted by molar-refractivity contribution is 8.15. The number of hydrogen-bond acceptors (Lipinski definition) is 8. The minimum atomic E-state index is -1.04. The van der Waals surface area contributed by atoms with Gasteiger partial charge in [-0.2, -0.15) is 5.10 Å². The van der Waals surface area contributed by atoms with Gasteiger partial charge in [0.2, 0.25) is 5.91 Å². The molecule has 1 saturated heterocycles. The summed E-state index contributed by atoms with van der Waals surface area (Å²) < 4.78 is 17.2. The number of rotatable bonds is 12. The standard InChI is InChI=1S/C27H25N3O6S/c31-25(32)16-24-26(33)29-27(37-24)30-28-17-19-6-8-21(9-7-19)34-14-15-35-22-10-12-23(13-11-22)36-18-20-4-2-1-3-5-20/h1-13,17,24H,14-16,18H2,(H,31,32)(H,29,30,33). The number of hydrogen-bond donors (Lipinski definition) is 2. The molecule has 0 bridgehead atoms. The fourth-order valence-corrected chi connectivity index (χ4v) is 4.15. The van der Waals surface area contributed by atoms with E-state index in [2.05, 4.69) is 15.5 Å². The molecule has 4 rings (SSSR count). The van der Waals surface area contributed by atoms with Gasteiger partial charge >= 0.3 is 5.97 Å². The van der Waals surface area contributed by atoms with Crippen molar-refractivity contribution in [2.45, 2.75) is 18.3 Å². The quantitative estimate of drug-likeness (QED) is 0.210. The lowest BCUT2D eigenvalue weighted by molar-refractivity contribution is -0.138. The summed E-state index contributed by atoms with van der Waals surface area (Å²) in [5.41, 5.74) is 1.90. The van der Waals surface area contributed by atoms with Crippen LogP contribution >= 0.6 is 11.8 Å². The van der Waals surface area contributed by atoms with E-state index >= 15 is 0 Å². The third-order valence-corrected chi connectivity index (χ3v) is 6.14. The number of carboxylic acids is 1. The van der Waals surface area contributed by atoms with E-state index in [4.69, 9.17) is 19.3 Å². The lowest BCUT2D eigenvalue weighted by Gasteiger charge is -2.10. The highest BCUT2D eigenvalue weighted by atomic mass is 32.2. The molecular formula is C27H25N3O6S. The van der Waals surface area contributed by atoms with Crippen LogP contribution in [0, 0.1) is 0 Å². The normalized spacial score (nSPS) is 16.1. The molecule has 3 aromatic carbocycles. The maximum atomic E-state index is 11.7. The Kier molecular flexibility index (Phi) is 9.14. The van der Waals surface area contributed by atoms with Gasteiger partial charge in [0.1, 0.15) is 42.3 Å². The highest BCUT2D eigenvalue weighted by Gasteiger charge is 2.32. The fourth-order valence-electron chi connectivity index (χ4n) is 3.24. The van der Waals surface area contributed by atoms with E-state index in [9.17, 15) is 9.59 Å². The Morgan fingerprint density at radius 2 is 1.49 bits per heavy atom. The molecule has 0 aromatic heterocycles. The summed E-state index contributed by atoms with van der Waals surface area (Å²) in [6.45, 7) is 1.28. The summed E-state index contributed by atoms with van der Waals surface area (Å²) in [7, 11) is 0. The van der Waals surface area contributed by atoms with E-state index in [1.54, 1.807) is 0 Å². The molecule has 1 aliphatic heterocycles. The van der Waals surface area contributed by atoms with Crippen LogP contribution in [0.3, 0.4) is 0 Å². The van der Waals surface area contributed by atoms with E-state index in [0.717, 1.165) is 34.4 Å². The topological polar surface area (TPSA) is 119 Å². The molecule has 0 radical (unpaired) electrons. The van der Waals surface area contributed by atoms with E-state index < -0.39 is 11.2 Å². The molecule has 9 nitrogen and oxygen atoms in total. The number of carboxylic acid groups (broad SMARTS) is 1. The zero-order valence-electron chi connectivity index (χ0n) is 19.8. The monoisotopic (exact) mass is 519 g/mol. The molecule has 1 heterocycles. The molecule has 1 aliphatic rings. The Hall–Kier alpha value is -4.31. The lowest BCUT2D eigenvalue weighted by Crippen LogP contribution is -2.26. The molecule has 10 heteroatoms. The minimum Gasteiger partial charge on any atom is -0.490 e. The zero-order valence-corrected chi connectivity index (χ0v) is 20.6. The number of nitrogens with zero attached hydrogens (tertiary/aromatic N) is 2. The maximum absolute atomic E-state index is 11.7. The van der Waals surface area contributed by atoms with Gasteiger partial charge in [-0.15, -0.1) is 5.10 Å². The van der Waals surface area contributed by atoms with Crippen LogP contribution in [0.5, 0.6) is 17.2 Å². The van der Waals surface area contributed by atoms with Gasteiger partial charge in [-0.3, -0.25) is 9.59 Å². The van der Waals surface area contributed by atoms with Gasteiger partial charge in [0.05, 0.1) is 12.6 Å². The molecule has 1 amide bonds. The molecule has 1 atom stereocenters. The first kappa shape index (κ1) is 25.8. The number of aliphatic carboxylic acids is 1. The summed E-state index contributed by atoms with van der Waals surface area (Å²) >= 11 is 1.05. The number of thioether (sulfide) groups is 1. The first-order valence-corrected chi connectivity index (χ1v) is 12.4. The largest absolute Gasteiger partial charge is 0.490 e. The smallest absolute Gasteiger partial charge is 0.305 e. The maximum Gasteiger partial charge on any atom is 0.305 e. The van der Waals surface area contributed by atoms with Crippen LogP contribution in [0.4, 0.5) is 0 Å². The van der Waals surface area contributed by atoms with Crippen LogP contribution in [-0.4, -0.2) is 46.8 Å². The van der Waals surface area contributed by atoms with Crippen molar-refractivity contribution < 1.29 is 28.9 Å². The predicted octanol–water partition coefficient (Wildman–Crippen LogP) is 4.12. The van der Waals surface area contributed by atoms with E-state index in [1.165, 1.54) is 6.21 Å². The zero-order chi connectivity index (χ0) is 25.9.